The topological polar surface area (TPSA) is 32.3 Å². The third kappa shape index (κ3) is 3.83. The minimum Gasteiger partial charge on any atom is -0.387 e. The molecule has 0 saturated heterocycles. The van der Waals surface area contributed by atoms with Crippen molar-refractivity contribution in [2.75, 3.05) is 11.9 Å². The van der Waals surface area contributed by atoms with Gasteiger partial charge in [0.2, 0.25) is 0 Å². The van der Waals surface area contributed by atoms with Gasteiger partial charge in [0, 0.05) is 11.6 Å². The zero-order valence-electron chi connectivity index (χ0n) is 9.91. The van der Waals surface area contributed by atoms with Crippen LogP contribution in [-0.4, -0.2) is 11.7 Å². The predicted molar refractivity (Wildman–Crippen MR) is 76.3 cm³/mol. The molecule has 0 aliphatic heterocycles. The van der Waals surface area contributed by atoms with E-state index >= 15 is 0 Å². The van der Waals surface area contributed by atoms with Gasteiger partial charge >= 0.3 is 0 Å². The summed E-state index contributed by atoms with van der Waals surface area (Å²) in [5.74, 6) is -0.395. The third-order valence-corrected chi connectivity index (χ3v) is 3.24. The zero-order valence-corrected chi connectivity index (χ0v) is 11.4. The normalized spacial score (nSPS) is 12.2. The number of hydrogen-bond acceptors (Lipinski definition) is 2. The molecule has 0 fully saturated rings. The number of rotatable bonds is 4. The van der Waals surface area contributed by atoms with Crippen molar-refractivity contribution >= 4 is 28.9 Å². The highest BCUT2D eigenvalue weighted by Crippen LogP contribution is 2.24. The highest BCUT2D eigenvalue weighted by Gasteiger charge is 2.08. The first-order valence-corrected chi connectivity index (χ1v) is 6.44. The van der Waals surface area contributed by atoms with E-state index in [0.717, 1.165) is 5.56 Å². The summed E-state index contributed by atoms with van der Waals surface area (Å²) in [6, 6.07) is 11.0. The molecule has 2 rings (SSSR count). The second-order valence-corrected chi connectivity index (χ2v) is 4.92. The molecule has 100 valence electrons. The SMILES string of the molecule is OC(CNc1ccc(F)cc1Cl)c1ccc(Cl)cc1. The molecular weight excluding hydrogens is 288 g/mol. The van der Waals surface area contributed by atoms with E-state index in [-0.39, 0.29) is 11.6 Å². The molecule has 0 aromatic heterocycles. The summed E-state index contributed by atoms with van der Waals surface area (Å²) in [5.41, 5.74) is 1.33. The van der Waals surface area contributed by atoms with Crippen LogP contribution in [0.4, 0.5) is 10.1 Å². The Morgan fingerprint density at radius 2 is 1.79 bits per heavy atom. The maximum absolute atomic E-state index is 12.9. The minimum atomic E-state index is -0.696. The van der Waals surface area contributed by atoms with E-state index in [9.17, 15) is 9.50 Å². The average molecular weight is 300 g/mol. The van der Waals surface area contributed by atoms with Crippen LogP contribution in [0.5, 0.6) is 0 Å². The lowest BCUT2D eigenvalue weighted by Gasteiger charge is -2.14. The summed E-state index contributed by atoms with van der Waals surface area (Å²) in [6.45, 7) is 0.271. The van der Waals surface area contributed by atoms with Crippen LogP contribution in [0.15, 0.2) is 42.5 Å². The lowest BCUT2D eigenvalue weighted by atomic mass is 10.1. The van der Waals surface area contributed by atoms with Gasteiger partial charge in [0.25, 0.3) is 0 Å². The van der Waals surface area contributed by atoms with Crippen molar-refractivity contribution in [2.24, 2.45) is 0 Å². The molecule has 0 saturated carbocycles. The lowest BCUT2D eigenvalue weighted by molar-refractivity contribution is 0.191. The van der Waals surface area contributed by atoms with Gasteiger partial charge in [0.15, 0.2) is 0 Å². The molecule has 0 spiro atoms. The van der Waals surface area contributed by atoms with Gasteiger partial charge in [0.1, 0.15) is 5.82 Å². The van der Waals surface area contributed by atoms with Crippen LogP contribution in [0, 0.1) is 5.82 Å². The third-order valence-electron chi connectivity index (χ3n) is 2.67. The fraction of sp³-hybridized carbons (Fsp3) is 0.143. The minimum absolute atomic E-state index is 0.271. The fourth-order valence-corrected chi connectivity index (χ4v) is 2.00. The lowest BCUT2D eigenvalue weighted by Crippen LogP contribution is -2.12. The Labute approximate surface area is 120 Å². The Kier molecular flexibility index (Phi) is 4.64. The van der Waals surface area contributed by atoms with E-state index in [0.29, 0.717) is 10.7 Å². The Morgan fingerprint density at radius 1 is 1.11 bits per heavy atom. The van der Waals surface area contributed by atoms with Crippen molar-refractivity contribution in [3.8, 4) is 0 Å². The van der Waals surface area contributed by atoms with Crippen LogP contribution in [0.1, 0.15) is 11.7 Å². The molecule has 0 bridgehead atoms. The van der Waals surface area contributed by atoms with E-state index in [1.165, 1.54) is 18.2 Å². The molecule has 0 aliphatic carbocycles. The van der Waals surface area contributed by atoms with Crippen molar-refractivity contribution in [1.82, 2.24) is 0 Å². The largest absolute Gasteiger partial charge is 0.387 e. The molecule has 5 heteroatoms. The van der Waals surface area contributed by atoms with Crippen molar-refractivity contribution in [3.63, 3.8) is 0 Å². The molecule has 1 unspecified atom stereocenters. The van der Waals surface area contributed by atoms with Crippen molar-refractivity contribution in [3.05, 3.63) is 63.9 Å². The molecule has 0 amide bonds. The molecule has 2 N–H and O–H groups in total. The van der Waals surface area contributed by atoms with Gasteiger partial charge in [-0.1, -0.05) is 35.3 Å². The molecular formula is C14H12Cl2FNO. The summed E-state index contributed by atoms with van der Waals surface area (Å²) in [6.07, 6.45) is -0.696. The number of nitrogens with one attached hydrogen (secondary N) is 1. The molecule has 2 nitrogen and oxygen atoms in total. The maximum atomic E-state index is 12.9. The Hall–Kier alpha value is -1.29. The smallest absolute Gasteiger partial charge is 0.124 e. The maximum Gasteiger partial charge on any atom is 0.124 e. The second-order valence-electron chi connectivity index (χ2n) is 4.07. The summed E-state index contributed by atoms with van der Waals surface area (Å²) >= 11 is 11.7. The van der Waals surface area contributed by atoms with Crippen molar-refractivity contribution in [1.29, 1.82) is 0 Å². The molecule has 2 aromatic rings. The first kappa shape index (κ1) is 14.1. The highest BCUT2D eigenvalue weighted by molar-refractivity contribution is 6.33. The second kappa shape index (κ2) is 6.24. The van der Waals surface area contributed by atoms with E-state index in [1.54, 1.807) is 24.3 Å². The quantitative estimate of drug-likeness (QED) is 0.883. The zero-order chi connectivity index (χ0) is 13.8. The van der Waals surface area contributed by atoms with Gasteiger partial charge in [-0.05, 0) is 35.9 Å². The van der Waals surface area contributed by atoms with Gasteiger partial charge in [-0.2, -0.15) is 0 Å². The van der Waals surface area contributed by atoms with E-state index in [2.05, 4.69) is 5.32 Å². The standard InChI is InChI=1S/C14H12Cl2FNO/c15-10-3-1-9(2-4-10)14(19)8-18-13-6-5-11(17)7-12(13)16/h1-7,14,18-19H,8H2. The fourth-order valence-electron chi connectivity index (χ4n) is 1.64. The van der Waals surface area contributed by atoms with Crippen LogP contribution in [0.3, 0.4) is 0 Å². The number of anilines is 1. The van der Waals surface area contributed by atoms with Crippen LogP contribution in [-0.2, 0) is 0 Å². The van der Waals surface area contributed by atoms with E-state index in [4.69, 9.17) is 23.2 Å². The van der Waals surface area contributed by atoms with E-state index in [1.807, 2.05) is 0 Å². The Balaban J connectivity index is 2.00. The summed E-state index contributed by atoms with van der Waals surface area (Å²) in [7, 11) is 0. The summed E-state index contributed by atoms with van der Waals surface area (Å²) < 4.78 is 12.9. The van der Waals surface area contributed by atoms with Gasteiger partial charge in [0.05, 0.1) is 16.8 Å². The number of benzene rings is 2. The van der Waals surface area contributed by atoms with Crippen LogP contribution in [0.2, 0.25) is 10.0 Å². The van der Waals surface area contributed by atoms with E-state index < -0.39 is 11.9 Å². The van der Waals surface area contributed by atoms with Gasteiger partial charge < -0.3 is 10.4 Å². The molecule has 19 heavy (non-hydrogen) atoms. The highest BCUT2D eigenvalue weighted by atomic mass is 35.5. The average Bonchev–Trinajstić information content (AvgIpc) is 2.38. The Bertz CT molecular complexity index is 560. The molecule has 0 aliphatic rings. The van der Waals surface area contributed by atoms with Crippen molar-refractivity contribution in [2.45, 2.75) is 6.10 Å². The van der Waals surface area contributed by atoms with Crippen LogP contribution < -0.4 is 5.32 Å². The molecule has 2 aromatic carbocycles. The number of halogens is 3. The first-order chi connectivity index (χ1) is 9.06. The van der Waals surface area contributed by atoms with Crippen LogP contribution >= 0.6 is 23.2 Å². The molecule has 0 radical (unpaired) electrons. The van der Waals surface area contributed by atoms with Crippen molar-refractivity contribution < 1.29 is 9.50 Å². The van der Waals surface area contributed by atoms with Gasteiger partial charge in [-0.3, -0.25) is 0 Å². The first-order valence-electron chi connectivity index (χ1n) is 5.69. The number of aliphatic hydroxyl groups excluding tert-OH is 1. The molecule has 1 atom stereocenters. The Morgan fingerprint density at radius 3 is 2.42 bits per heavy atom. The monoisotopic (exact) mass is 299 g/mol. The van der Waals surface area contributed by atoms with Gasteiger partial charge in [-0.15, -0.1) is 0 Å². The predicted octanol–water partition coefficient (Wildman–Crippen LogP) is 4.28. The number of aliphatic hydroxyl groups is 1. The van der Waals surface area contributed by atoms with Gasteiger partial charge in [-0.25, -0.2) is 4.39 Å². The summed E-state index contributed by atoms with van der Waals surface area (Å²) in [5, 5.41) is 13.9. The number of hydrogen-bond donors (Lipinski definition) is 2. The molecule has 0 heterocycles. The summed E-state index contributed by atoms with van der Waals surface area (Å²) in [4.78, 5) is 0. The van der Waals surface area contributed by atoms with Crippen LogP contribution in [0.25, 0.3) is 0 Å².